The van der Waals surface area contributed by atoms with E-state index in [1.54, 1.807) is 7.11 Å². The molecule has 0 radical (unpaired) electrons. The smallest absolute Gasteiger partial charge is 0.191 e. The first-order valence-electron chi connectivity index (χ1n) is 5.97. The summed E-state index contributed by atoms with van der Waals surface area (Å²) in [4.78, 5) is 8.79. The second-order valence-electron chi connectivity index (χ2n) is 4.33. The summed E-state index contributed by atoms with van der Waals surface area (Å²) in [5, 5.41) is 7.19. The largest absolute Gasteiger partial charge is 0.383 e. The van der Waals surface area contributed by atoms with E-state index in [2.05, 4.69) is 34.4 Å². The highest BCUT2D eigenvalue weighted by Crippen LogP contribution is 2.18. The number of nitrogens with zero attached hydrogens (tertiary/aromatic N) is 2. The molecule has 1 aromatic rings. The molecule has 1 heterocycles. The van der Waals surface area contributed by atoms with Crippen LogP contribution in [0.1, 0.15) is 13.8 Å². The molecule has 0 spiro atoms. The molecule has 1 atom stereocenters. The van der Waals surface area contributed by atoms with E-state index in [9.17, 15) is 0 Å². The molecule has 1 unspecified atom stereocenters. The number of anilines is 2. The van der Waals surface area contributed by atoms with Gasteiger partial charge in [0.05, 0.1) is 12.6 Å². The molecule has 2 N–H and O–H groups in total. The van der Waals surface area contributed by atoms with Crippen LogP contribution in [0.5, 0.6) is 0 Å². The Kier molecular flexibility index (Phi) is 6.21. The van der Waals surface area contributed by atoms with Crippen LogP contribution in [-0.2, 0) is 4.74 Å². The Morgan fingerprint density at radius 1 is 1.33 bits per heavy atom. The van der Waals surface area contributed by atoms with Gasteiger partial charge in [0.2, 0.25) is 0 Å². The molecule has 0 saturated carbocycles. The van der Waals surface area contributed by atoms with Crippen LogP contribution in [0.3, 0.4) is 0 Å². The fourth-order valence-electron chi connectivity index (χ4n) is 1.49. The lowest BCUT2D eigenvalue weighted by molar-refractivity contribution is 0.171. The SMILES string of the molecule is CNc1cc(NC(COC)C(C)C)nc(SC)n1. The number of thioether (sulfide) groups is 1. The minimum Gasteiger partial charge on any atom is -0.383 e. The molecular weight excluding hydrogens is 248 g/mol. The van der Waals surface area contributed by atoms with Gasteiger partial charge >= 0.3 is 0 Å². The number of hydrogen-bond donors (Lipinski definition) is 2. The van der Waals surface area contributed by atoms with Gasteiger partial charge in [-0.25, -0.2) is 9.97 Å². The summed E-state index contributed by atoms with van der Waals surface area (Å²) in [5.41, 5.74) is 0. The van der Waals surface area contributed by atoms with Crippen molar-refractivity contribution in [1.29, 1.82) is 0 Å². The van der Waals surface area contributed by atoms with Crippen molar-refractivity contribution in [2.24, 2.45) is 5.92 Å². The molecule has 1 aromatic heterocycles. The van der Waals surface area contributed by atoms with Gasteiger partial charge in [0.25, 0.3) is 0 Å². The van der Waals surface area contributed by atoms with Crippen LogP contribution >= 0.6 is 11.8 Å². The van der Waals surface area contributed by atoms with Crippen molar-refractivity contribution in [2.75, 3.05) is 37.7 Å². The van der Waals surface area contributed by atoms with Crippen molar-refractivity contribution in [3.05, 3.63) is 6.07 Å². The standard InChI is InChI=1S/C12H22N4OS/c1-8(2)9(7-17-4)14-11-6-10(13-3)15-12(16-11)18-5/h6,8-9H,7H2,1-5H3,(H2,13,14,15,16). The minimum absolute atomic E-state index is 0.240. The van der Waals surface area contributed by atoms with Crippen LogP contribution in [0.25, 0.3) is 0 Å². The van der Waals surface area contributed by atoms with E-state index in [4.69, 9.17) is 4.74 Å². The summed E-state index contributed by atoms with van der Waals surface area (Å²) in [5.74, 6) is 2.11. The van der Waals surface area contributed by atoms with Crippen molar-refractivity contribution >= 4 is 23.4 Å². The van der Waals surface area contributed by atoms with Crippen LogP contribution in [0, 0.1) is 5.92 Å². The van der Waals surface area contributed by atoms with Gasteiger partial charge in [0, 0.05) is 20.2 Å². The van der Waals surface area contributed by atoms with E-state index in [1.165, 1.54) is 11.8 Å². The maximum atomic E-state index is 5.22. The summed E-state index contributed by atoms with van der Waals surface area (Å²) in [6.07, 6.45) is 1.97. The van der Waals surface area contributed by atoms with E-state index in [0.717, 1.165) is 16.8 Å². The molecule has 0 fully saturated rings. The number of hydrogen-bond acceptors (Lipinski definition) is 6. The van der Waals surface area contributed by atoms with Crippen LogP contribution in [0.4, 0.5) is 11.6 Å². The summed E-state index contributed by atoms with van der Waals surface area (Å²) in [6.45, 7) is 4.98. The fraction of sp³-hybridized carbons (Fsp3) is 0.667. The molecule has 0 aliphatic carbocycles. The van der Waals surface area contributed by atoms with Crippen molar-refractivity contribution in [1.82, 2.24) is 9.97 Å². The van der Waals surface area contributed by atoms with Gasteiger partial charge in [-0.15, -0.1) is 0 Å². The average Bonchev–Trinajstić information content (AvgIpc) is 2.37. The van der Waals surface area contributed by atoms with Gasteiger partial charge in [0.1, 0.15) is 11.6 Å². The van der Waals surface area contributed by atoms with Crippen molar-refractivity contribution in [3.63, 3.8) is 0 Å². The Bertz CT molecular complexity index is 351. The lowest BCUT2D eigenvalue weighted by Gasteiger charge is -2.22. The predicted molar refractivity (Wildman–Crippen MR) is 77.5 cm³/mol. The van der Waals surface area contributed by atoms with E-state index in [-0.39, 0.29) is 6.04 Å². The first-order chi connectivity index (χ1) is 8.60. The van der Waals surface area contributed by atoms with Gasteiger partial charge in [-0.2, -0.15) is 0 Å². The molecule has 6 heteroatoms. The molecule has 5 nitrogen and oxygen atoms in total. The zero-order chi connectivity index (χ0) is 13.5. The van der Waals surface area contributed by atoms with Crippen molar-refractivity contribution < 1.29 is 4.74 Å². The van der Waals surface area contributed by atoms with Crippen LogP contribution in [0.2, 0.25) is 0 Å². The Morgan fingerprint density at radius 2 is 2.00 bits per heavy atom. The summed E-state index contributed by atoms with van der Waals surface area (Å²) >= 11 is 1.53. The van der Waals surface area contributed by atoms with Gasteiger partial charge in [0.15, 0.2) is 5.16 Å². The number of methoxy groups -OCH3 is 1. The molecule has 0 bridgehead atoms. The van der Waals surface area contributed by atoms with Crippen molar-refractivity contribution in [2.45, 2.75) is 25.0 Å². The Morgan fingerprint density at radius 3 is 2.50 bits per heavy atom. The van der Waals surface area contributed by atoms with Crippen LogP contribution in [-0.4, -0.2) is 43.0 Å². The van der Waals surface area contributed by atoms with E-state index in [1.807, 2.05) is 19.4 Å². The third-order valence-electron chi connectivity index (χ3n) is 2.63. The number of ether oxygens (including phenoxy) is 1. The number of rotatable bonds is 7. The minimum atomic E-state index is 0.240. The zero-order valence-electron chi connectivity index (χ0n) is 11.7. The van der Waals surface area contributed by atoms with Crippen LogP contribution < -0.4 is 10.6 Å². The lowest BCUT2D eigenvalue weighted by atomic mass is 10.1. The molecule has 1 rings (SSSR count). The molecule has 0 saturated heterocycles. The summed E-state index contributed by atoms with van der Waals surface area (Å²) in [7, 11) is 3.56. The first kappa shape index (κ1) is 15.0. The topological polar surface area (TPSA) is 59.1 Å². The van der Waals surface area contributed by atoms with Crippen molar-refractivity contribution in [3.8, 4) is 0 Å². The summed E-state index contributed by atoms with van der Waals surface area (Å²) in [6, 6.07) is 2.15. The molecule has 0 aliphatic rings. The highest BCUT2D eigenvalue weighted by molar-refractivity contribution is 7.98. The highest BCUT2D eigenvalue weighted by atomic mass is 32.2. The van der Waals surface area contributed by atoms with E-state index in [0.29, 0.717) is 12.5 Å². The van der Waals surface area contributed by atoms with Gasteiger partial charge < -0.3 is 15.4 Å². The average molecular weight is 270 g/mol. The molecule has 0 amide bonds. The Hall–Kier alpha value is -1.01. The van der Waals surface area contributed by atoms with Gasteiger partial charge in [-0.3, -0.25) is 0 Å². The molecule has 18 heavy (non-hydrogen) atoms. The normalized spacial score (nSPS) is 12.6. The number of aromatic nitrogens is 2. The van der Waals surface area contributed by atoms with E-state index >= 15 is 0 Å². The highest BCUT2D eigenvalue weighted by Gasteiger charge is 2.14. The van der Waals surface area contributed by atoms with Gasteiger partial charge in [-0.05, 0) is 12.2 Å². The maximum Gasteiger partial charge on any atom is 0.191 e. The fourth-order valence-corrected chi connectivity index (χ4v) is 1.87. The Balaban J connectivity index is 2.87. The quantitative estimate of drug-likeness (QED) is 0.586. The predicted octanol–water partition coefficient (Wildman–Crippen LogP) is 2.32. The monoisotopic (exact) mass is 270 g/mol. The first-order valence-corrected chi connectivity index (χ1v) is 7.19. The maximum absolute atomic E-state index is 5.22. The number of nitrogens with one attached hydrogen (secondary N) is 2. The second kappa shape index (κ2) is 7.43. The molecular formula is C12H22N4OS. The van der Waals surface area contributed by atoms with Crippen LogP contribution in [0.15, 0.2) is 11.2 Å². The van der Waals surface area contributed by atoms with Gasteiger partial charge in [-0.1, -0.05) is 25.6 Å². The Labute approximate surface area is 113 Å². The lowest BCUT2D eigenvalue weighted by Crippen LogP contribution is -2.30. The molecule has 102 valence electrons. The second-order valence-corrected chi connectivity index (χ2v) is 5.10. The molecule has 0 aromatic carbocycles. The third kappa shape index (κ3) is 4.34. The van der Waals surface area contributed by atoms with E-state index < -0.39 is 0 Å². The zero-order valence-corrected chi connectivity index (χ0v) is 12.5. The third-order valence-corrected chi connectivity index (χ3v) is 3.18. The summed E-state index contributed by atoms with van der Waals surface area (Å²) < 4.78 is 5.22. The molecule has 0 aliphatic heterocycles.